The molecule has 3 heterocycles. The molecule has 1 amide bonds. The molecule has 1 atom stereocenters. The van der Waals surface area contributed by atoms with Crippen LogP contribution in [-0.2, 0) is 11.3 Å². The summed E-state index contributed by atoms with van der Waals surface area (Å²) in [7, 11) is 2.19. The van der Waals surface area contributed by atoms with E-state index in [1.165, 1.54) is 12.8 Å². The Bertz CT molecular complexity index is 563. The second-order valence-electron chi connectivity index (χ2n) is 7.55. The first-order valence-corrected chi connectivity index (χ1v) is 9.09. The van der Waals surface area contributed by atoms with Gasteiger partial charge in [-0.2, -0.15) is 5.10 Å². The number of aryl methyl sites for hydroxylation is 1. The maximum absolute atomic E-state index is 12.8. The molecule has 2 aliphatic rings. The number of amides is 1. The fourth-order valence-corrected chi connectivity index (χ4v) is 4.13. The van der Waals surface area contributed by atoms with Gasteiger partial charge in [-0.15, -0.1) is 0 Å². The highest BCUT2D eigenvalue weighted by Gasteiger charge is 2.47. The molecule has 24 heavy (non-hydrogen) atoms. The van der Waals surface area contributed by atoms with Gasteiger partial charge < -0.3 is 10.2 Å². The van der Waals surface area contributed by atoms with Gasteiger partial charge >= 0.3 is 0 Å². The fourth-order valence-electron chi connectivity index (χ4n) is 4.13. The quantitative estimate of drug-likeness (QED) is 0.837. The van der Waals surface area contributed by atoms with Gasteiger partial charge in [0, 0.05) is 6.54 Å². The van der Waals surface area contributed by atoms with Crippen molar-refractivity contribution in [2.45, 2.75) is 52.1 Å². The summed E-state index contributed by atoms with van der Waals surface area (Å²) in [6, 6.07) is -0.00612. The van der Waals surface area contributed by atoms with E-state index in [1.54, 1.807) is 0 Å². The van der Waals surface area contributed by atoms with Gasteiger partial charge in [-0.1, -0.05) is 6.92 Å². The van der Waals surface area contributed by atoms with E-state index in [1.807, 2.05) is 6.92 Å². The first kappa shape index (κ1) is 17.4. The zero-order chi connectivity index (χ0) is 17.2. The highest BCUT2D eigenvalue weighted by atomic mass is 16.2. The summed E-state index contributed by atoms with van der Waals surface area (Å²) < 4.78 is 0. The average molecular weight is 334 g/mol. The van der Waals surface area contributed by atoms with E-state index in [0.717, 1.165) is 44.8 Å². The van der Waals surface area contributed by atoms with Gasteiger partial charge in [-0.25, -0.2) is 4.98 Å². The lowest BCUT2D eigenvalue weighted by atomic mass is 9.76. The van der Waals surface area contributed by atoms with Gasteiger partial charge in [-0.3, -0.25) is 14.8 Å². The predicted octanol–water partition coefficient (Wildman–Crippen LogP) is 0.926. The van der Waals surface area contributed by atoms with Crippen LogP contribution in [0.25, 0.3) is 0 Å². The zero-order valence-electron chi connectivity index (χ0n) is 15.1. The van der Waals surface area contributed by atoms with Crippen LogP contribution in [0.5, 0.6) is 0 Å². The summed E-state index contributed by atoms with van der Waals surface area (Å²) in [6.07, 6.45) is 4.47. The second-order valence-corrected chi connectivity index (χ2v) is 7.55. The van der Waals surface area contributed by atoms with Crippen molar-refractivity contribution in [2.24, 2.45) is 5.41 Å². The summed E-state index contributed by atoms with van der Waals surface area (Å²) in [5.41, 5.74) is 0.324. The number of nitrogens with zero attached hydrogens (tertiary/aromatic N) is 4. The number of carbonyl (C=O) groups excluding carboxylic acids is 1. The zero-order valence-corrected chi connectivity index (χ0v) is 15.1. The maximum atomic E-state index is 12.8. The number of nitrogens with one attached hydrogen (secondary N) is 2. The van der Waals surface area contributed by atoms with Crippen LogP contribution in [0.2, 0.25) is 0 Å². The molecule has 0 aromatic carbocycles. The molecule has 134 valence electrons. The molecule has 0 saturated carbocycles. The van der Waals surface area contributed by atoms with E-state index in [0.29, 0.717) is 17.8 Å². The van der Waals surface area contributed by atoms with Crippen LogP contribution >= 0.6 is 0 Å². The van der Waals surface area contributed by atoms with Crippen LogP contribution in [0, 0.1) is 12.3 Å². The highest BCUT2D eigenvalue weighted by Crippen LogP contribution is 2.43. The number of rotatable bonds is 5. The predicted molar refractivity (Wildman–Crippen MR) is 92.4 cm³/mol. The van der Waals surface area contributed by atoms with E-state index in [-0.39, 0.29) is 11.9 Å². The lowest BCUT2D eigenvalue weighted by Gasteiger charge is -2.37. The molecular formula is C17H30N6O. The summed E-state index contributed by atoms with van der Waals surface area (Å²) in [5, 5.41) is 9.94. The lowest BCUT2D eigenvalue weighted by molar-refractivity contribution is -0.125. The molecular weight excluding hydrogens is 304 g/mol. The van der Waals surface area contributed by atoms with Crippen LogP contribution < -0.4 is 5.32 Å². The van der Waals surface area contributed by atoms with Gasteiger partial charge in [-0.05, 0) is 64.7 Å². The van der Waals surface area contributed by atoms with Crippen molar-refractivity contribution in [1.82, 2.24) is 30.3 Å². The summed E-state index contributed by atoms with van der Waals surface area (Å²) >= 11 is 0. The van der Waals surface area contributed by atoms with Crippen LogP contribution in [-0.4, -0.2) is 70.2 Å². The third-order valence-corrected chi connectivity index (χ3v) is 5.53. The van der Waals surface area contributed by atoms with Crippen molar-refractivity contribution in [2.75, 3.05) is 33.2 Å². The number of hydrogen-bond donors (Lipinski definition) is 2. The van der Waals surface area contributed by atoms with E-state index < -0.39 is 0 Å². The number of aromatic amines is 1. The van der Waals surface area contributed by atoms with Crippen LogP contribution in [0.15, 0.2) is 0 Å². The second kappa shape index (κ2) is 7.19. The smallest absolute Gasteiger partial charge is 0.237 e. The minimum atomic E-state index is -0.00612. The number of piperidine rings is 1. The normalized spacial score (nSPS) is 24.5. The molecule has 3 rings (SSSR count). The van der Waals surface area contributed by atoms with Gasteiger partial charge in [0.1, 0.15) is 5.82 Å². The first-order valence-electron chi connectivity index (χ1n) is 9.09. The molecule has 1 unspecified atom stereocenters. The molecule has 0 radical (unpaired) electrons. The fraction of sp³-hybridized carbons (Fsp3) is 0.824. The summed E-state index contributed by atoms with van der Waals surface area (Å²) in [5.74, 6) is 1.55. The number of likely N-dealkylation sites (tertiary alicyclic amines) is 2. The third kappa shape index (κ3) is 3.78. The Kier molecular flexibility index (Phi) is 5.20. The van der Waals surface area contributed by atoms with Gasteiger partial charge in [0.15, 0.2) is 5.82 Å². The van der Waals surface area contributed by atoms with E-state index in [4.69, 9.17) is 0 Å². The molecule has 7 heteroatoms. The molecule has 2 saturated heterocycles. The molecule has 1 aromatic heterocycles. The molecule has 1 aromatic rings. The van der Waals surface area contributed by atoms with E-state index in [2.05, 4.69) is 44.3 Å². The van der Waals surface area contributed by atoms with Crippen molar-refractivity contribution < 1.29 is 4.79 Å². The van der Waals surface area contributed by atoms with Crippen molar-refractivity contribution in [3.63, 3.8) is 0 Å². The standard InChI is InChI=1S/C17H30N6O/c1-4-7-23-12-17(5-8-22(3)9-6-17)10-14(23)16(24)18-11-15-19-13(2)20-21-15/h14H,4-12H2,1-3H3,(H,18,24)(H,19,20,21). The van der Waals surface area contributed by atoms with E-state index >= 15 is 0 Å². The van der Waals surface area contributed by atoms with Gasteiger partial charge in [0.05, 0.1) is 12.6 Å². The minimum absolute atomic E-state index is 0.00612. The highest BCUT2D eigenvalue weighted by molar-refractivity contribution is 5.82. The molecule has 1 spiro atoms. The average Bonchev–Trinajstić information content (AvgIpc) is 3.13. The monoisotopic (exact) mass is 334 g/mol. The molecule has 2 N–H and O–H groups in total. The Morgan fingerprint density at radius 2 is 2.17 bits per heavy atom. The van der Waals surface area contributed by atoms with Gasteiger partial charge in [0.25, 0.3) is 0 Å². The Labute approximate surface area is 144 Å². The molecule has 2 aliphatic heterocycles. The largest absolute Gasteiger partial charge is 0.347 e. The van der Waals surface area contributed by atoms with Crippen molar-refractivity contribution >= 4 is 5.91 Å². The molecule has 2 fully saturated rings. The first-order chi connectivity index (χ1) is 11.5. The van der Waals surface area contributed by atoms with E-state index in [9.17, 15) is 4.79 Å². The Morgan fingerprint density at radius 1 is 1.42 bits per heavy atom. The third-order valence-electron chi connectivity index (χ3n) is 5.53. The van der Waals surface area contributed by atoms with Crippen molar-refractivity contribution in [3.8, 4) is 0 Å². The minimum Gasteiger partial charge on any atom is -0.347 e. The molecule has 0 bridgehead atoms. The van der Waals surface area contributed by atoms with Crippen LogP contribution in [0.4, 0.5) is 0 Å². The molecule has 0 aliphatic carbocycles. The number of aromatic nitrogens is 3. The van der Waals surface area contributed by atoms with Crippen molar-refractivity contribution in [3.05, 3.63) is 11.6 Å². The van der Waals surface area contributed by atoms with Crippen LogP contribution in [0.1, 0.15) is 44.3 Å². The SMILES string of the molecule is CCCN1CC2(CCN(C)CC2)CC1C(=O)NCc1n[nH]c(C)n1. The maximum Gasteiger partial charge on any atom is 0.237 e. The van der Waals surface area contributed by atoms with Gasteiger partial charge in [0.2, 0.25) is 5.91 Å². The molecule has 7 nitrogen and oxygen atoms in total. The number of H-pyrrole nitrogens is 1. The number of hydrogen-bond acceptors (Lipinski definition) is 5. The van der Waals surface area contributed by atoms with Crippen LogP contribution in [0.3, 0.4) is 0 Å². The Morgan fingerprint density at radius 3 is 2.79 bits per heavy atom. The van der Waals surface area contributed by atoms with Crippen molar-refractivity contribution in [1.29, 1.82) is 0 Å². The lowest BCUT2D eigenvalue weighted by Crippen LogP contribution is -2.43. The topological polar surface area (TPSA) is 77.1 Å². The number of carbonyl (C=O) groups is 1. The Hall–Kier alpha value is -1.47. The summed E-state index contributed by atoms with van der Waals surface area (Å²) in [6.45, 7) is 8.79. The summed E-state index contributed by atoms with van der Waals surface area (Å²) in [4.78, 5) is 21.8. The Balaban J connectivity index is 1.62.